The van der Waals surface area contributed by atoms with Crippen LogP contribution in [0.4, 0.5) is 0 Å². The van der Waals surface area contributed by atoms with E-state index in [4.69, 9.17) is 13.3 Å². The number of benzene rings is 2. The van der Waals surface area contributed by atoms with Crippen LogP contribution in [-0.2, 0) is 13.3 Å². The SMILES string of the molecule is CCO[Si](C)(C)C.CCO[Si](OCC)(c1ccccc1)c1ccccc1. The highest BCUT2D eigenvalue weighted by Gasteiger charge is 2.41. The largest absolute Gasteiger partial charge is 0.418 e. The van der Waals surface area contributed by atoms with Crippen molar-refractivity contribution >= 4 is 27.3 Å². The van der Waals surface area contributed by atoms with Gasteiger partial charge in [0.15, 0.2) is 8.32 Å². The van der Waals surface area contributed by atoms with E-state index < -0.39 is 16.9 Å². The molecule has 0 saturated heterocycles. The zero-order valence-electron chi connectivity index (χ0n) is 17.1. The Morgan fingerprint density at radius 3 is 1.15 bits per heavy atom. The second-order valence-corrected chi connectivity index (χ2v) is 14.2. The minimum atomic E-state index is -2.55. The minimum absolute atomic E-state index is 0.649. The zero-order chi connectivity index (χ0) is 19.5. The Kier molecular flexibility index (Phi) is 10.1. The molecule has 0 unspecified atom stereocenters. The fourth-order valence-corrected chi connectivity index (χ4v) is 6.72. The van der Waals surface area contributed by atoms with Gasteiger partial charge in [0, 0.05) is 19.8 Å². The summed E-state index contributed by atoms with van der Waals surface area (Å²) in [5.41, 5.74) is 0. The van der Waals surface area contributed by atoms with Gasteiger partial charge in [0.1, 0.15) is 0 Å². The molecule has 0 radical (unpaired) electrons. The Labute approximate surface area is 161 Å². The summed E-state index contributed by atoms with van der Waals surface area (Å²) in [6.07, 6.45) is 0. The van der Waals surface area contributed by atoms with Gasteiger partial charge in [0.25, 0.3) is 0 Å². The minimum Gasteiger partial charge on any atom is -0.418 e. The highest BCUT2D eigenvalue weighted by molar-refractivity contribution is 6.92. The van der Waals surface area contributed by atoms with E-state index in [1.807, 2.05) is 57.2 Å². The summed E-state index contributed by atoms with van der Waals surface area (Å²) in [6, 6.07) is 20.6. The predicted octanol–water partition coefficient (Wildman–Crippen LogP) is 4.17. The van der Waals surface area contributed by atoms with Gasteiger partial charge in [-0.25, -0.2) is 0 Å². The summed E-state index contributed by atoms with van der Waals surface area (Å²) in [4.78, 5) is 0. The van der Waals surface area contributed by atoms with Crippen LogP contribution in [0.1, 0.15) is 20.8 Å². The van der Waals surface area contributed by atoms with Crippen molar-refractivity contribution < 1.29 is 13.3 Å². The summed E-state index contributed by atoms with van der Waals surface area (Å²) in [6.45, 7) is 14.8. The lowest BCUT2D eigenvalue weighted by Gasteiger charge is -2.30. The van der Waals surface area contributed by atoms with E-state index in [-0.39, 0.29) is 0 Å². The standard InChI is InChI=1S/C16H20O2Si.C5H14OSi/c1-3-17-19(18-4-2,15-11-7-5-8-12-15)16-13-9-6-10-14-16;1-5-6-7(2,3)4/h5-14H,3-4H2,1-2H3;5H2,1-4H3. The first-order valence-corrected chi connectivity index (χ1v) is 14.6. The molecule has 0 fully saturated rings. The average molecular weight is 391 g/mol. The lowest BCUT2D eigenvalue weighted by Crippen LogP contribution is -2.63. The smallest absolute Gasteiger partial charge is 0.407 e. The Hall–Kier alpha value is -1.25. The lowest BCUT2D eigenvalue weighted by molar-refractivity contribution is 0.208. The third-order valence-corrected chi connectivity index (χ3v) is 8.31. The second-order valence-electron chi connectivity index (χ2n) is 6.76. The van der Waals surface area contributed by atoms with Crippen molar-refractivity contribution in [2.24, 2.45) is 0 Å². The number of hydrogen-bond acceptors (Lipinski definition) is 3. The highest BCUT2D eigenvalue weighted by atomic mass is 28.4. The maximum atomic E-state index is 6.16. The monoisotopic (exact) mass is 390 g/mol. The predicted molar refractivity (Wildman–Crippen MR) is 116 cm³/mol. The molecule has 26 heavy (non-hydrogen) atoms. The first-order valence-electron chi connectivity index (χ1n) is 9.42. The van der Waals surface area contributed by atoms with E-state index >= 15 is 0 Å². The topological polar surface area (TPSA) is 27.7 Å². The van der Waals surface area contributed by atoms with Gasteiger partial charge in [-0.3, -0.25) is 0 Å². The van der Waals surface area contributed by atoms with E-state index in [9.17, 15) is 0 Å². The molecule has 2 aromatic carbocycles. The summed E-state index contributed by atoms with van der Waals surface area (Å²) in [5.74, 6) is 0. The van der Waals surface area contributed by atoms with Gasteiger partial charge in [0.2, 0.25) is 0 Å². The number of rotatable bonds is 8. The van der Waals surface area contributed by atoms with Crippen molar-refractivity contribution in [3.63, 3.8) is 0 Å². The third-order valence-electron chi connectivity index (χ3n) is 3.58. The molecule has 0 N–H and O–H groups in total. The summed E-state index contributed by atoms with van der Waals surface area (Å²) >= 11 is 0. The molecule has 0 aromatic heterocycles. The first kappa shape index (κ1) is 22.8. The van der Waals surface area contributed by atoms with Crippen LogP contribution in [0.3, 0.4) is 0 Å². The van der Waals surface area contributed by atoms with Crippen molar-refractivity contribution in [2.75, 3.05) is 19.8 Å². The van der Waals surface area contributed by atoms with Crippen molar-refractivity contribution in [1.82, 2.24) is 0 Å². The quantitative estimate of drug-likeness (QED) is 0.633. The van der Waals surface area contributed by atoms with Gasteiger partial charge in [-0.1, -0.05) is 60.7 Å². The molecular formula is C21H34O3Si2. The van der Waals surface area contributed by atoms with Crippen molar-refractivity contribution in [2.45, 2.75) is 40.4 Å². The molecule has 0 aliphatic heterocycles. The van der Waals surface area contributed by atoms with Crippen molar-refractivity contribution in [3.05, 3.63) is 60.7 Å². The molecule has 0 aliphatic carbocycles. The highest BCUT2D eigenvalue weighted by Crippen LogP contribution is 2.09. The fraction of sp³-hybridized carbons (Fsp3) is 0.429. The molecule has 0 bridgehead atoms. The summed E-state index contributed by atoms with van der Waals surface area (Å²) < 4.78 is 17.7. The molecular weight excluding hydrogens is 356 g/mol. The van der Waals surface area contributed by atoms with Gasteiger partial charge >= 0.3 is 8.56 Å². The molecule has 3 nitrogen and oxygen atoms in total. The van der Waals surface area contributed by atoms with E-state index in [1.165, 1.54) is 0 Å². The normalized spacial score (nSPS) is 11.6. The van der Waals surface area contributed by atoms with Crippen LogP contribution in [0.2, 0.25) is 19.6 Å². The Balaban J connectivity index is 0.000000412. The zero-order valence-corrected chi connectivity index (χ0v) is 19.1. The summed E-state index contributed by atoms with van der Waals surface area (Å²) in [5, 5.41) is 2.31. The Morgan fingerprint density at radius 1 is 0.577 bits per heavy atom. The maximum absolute atomic E-state index is 6.16. The number of hydrogen-bond donors (Lipinski definition) is 0. The van der Waals surface area contributed by atoms with Gasteiger partial charge < -0.3 is 13.3 Å². The van der Waals surface area contributed by atoms with Crippen LogP contribution in [0.25, 0.3) is 0 Å². The molecule has 0 aliphatic rings. The molecule has 0 heterocycles. The molecule has 0 saturated carbocycles. The molecule has 0 atom stereocenters. The first-order chi connectivity index (χ1) is 12.4. The van der Waals surface area contributed by atoms with Crippen LogP contribution >= 0.6 is 0 Å². The fourth-order valence-electron chi connectivity index (χ4n) is 2.70. The average Bonchev–Trinajstić information content (AvgIpc) is 2.62. The van der Waals surface area contributed by atoms with Gasteiger partial charge in [-0.2, -0.15) is 0 Å². The lowest BCUT2D eigenvalue weighted by atomic mass is 10.4. The molecule has 0 amide bonds. The summed E-state index contributed by atoms with van der Waals surface area (Å²) in [7, 11) is -3.70. The maximum Gasteiger partial charge on any atom is 0.407 e. The van der Waals surface area contributed by atoms with Crippen LogP contribution < -0.4 is 10.4 Å². The van der Waals surface area contributed by atoms with E-state index in [2.05, 4.69) is 43.9 Å². The molecule has 2 aromatic rings. The molecule has 144 valence electrons. The molecule has 0 spiro atoms. The third kappa shape index (κ3) is 7.17. The molecule has 2 rings (SSSR count). The van der Waals surface area contributed by atoms with Crippen LogP contribution in [0.5, 0.6) is 0 Å². The van der Waals surface area contributed by atoms with Crippen LogP contribution in [0, 0.1) is 0 Å². The second kappa shape index (κ2) is 11.5. The van der Waals surface area contributed by atoms with E-state index in [0.717, 1.165) is 17.0 Å². The van der Waals surface area contributed by atoms with Gasteiger partial charge in [-0.05, 0) is 50.8 Å². The Bertz CT molecular complexity index is 550. The van der Waals surface area contributed by atoms with Crippen molar-refractivity contribution in [3.8, 4) is 0 Å². The van der Waals surface area contributed by atoms with Crippen LogP contribution in [-0.4, -0.2) is 36.7 Å². The van der Waals surface area contributed by atoms with Crippen LogP contribution in [0.15, 0.2) is 60.7 Å². The molecule has 5 heteroatoms. The Morgan fingerprint density at radius 2 is 0.923 bits per heavy atom. The van der Waals surface area contributed by atoms with E-state index in [1.54, 1.807) is 0 Å². The van der Waals surface area contributed by atoms with Crippen molar-refractivity contribution in [1.29, 1.82) is 0 Å². The van der Waals surface area contributed by atoms with Gasteiger partial charge in [0.05, 0.1) is 0 Å². The van der Waals surface area contributed by atoms with E-state index in [0.29, 0.717) is 13.2 Å². The van der Waals surface area contributed by atoms with Gasteiger partial charge in [-0.15, -0.1) is 0 Å².